The molecule has 66 valence electrons. The Morgan fingerprint density at radius 1 is 1.09 bits per heavy atom. The molecular weight excluding hydrogens is 136 g/mol. The predicted octanol–water partition coefficient (Wildman–Crippen LogP) is 1.43. The predicted molar refractivity (Wildman–Crippen MR) is 48.6 cm³/mol. The molecule has 0 aromatic heterocycles. The van der Waals surface area contributed by atoms with E-state index in [0.717, 1.165) is 0 Å². The summed E-state index contributed by atoms with van der Waals surface area (Å²) in [5.41, 5.74) is 0.304. The van der Waals surface area contributed by atoms with Gasteiger partial charge in [-0.2, -0.15) is 0 Å². The van der Waals surface area contributed by atoms with E-state index in [9.17, 15) is 0 Å². The van der Waals surface area contributed by atoms with E-state index >= 15 is 0 Å². The van der Waals surface area contributed by atoms with Crippen LogP contribution in [0.15, 0.2) is 0 Å². The molecule has 0 heterocycles. The first-order valence-corrected chi connectivity index (χ1v) is 4.58. The van der Waals surface area contributed by atoms with Gasteiger partial charge >= 0.3 is 0 Å². The molecule has 0 radical (unpaired) electrons. The second-order valence-corrected chi connectivity index (χ2v) is 3.74. The standard InChI is InChI=1S/C9H20N2/c1-10-9(11(2)3)7-5-4-6-8-9/h10H,4-8H2,1-3H3. The Morgan fingerprint density at radius 2 is 1.64 bits per heavy atom. The first kappa shape index (κ1) is 9.01. The molecule has 0 saturated heterocycles. The van der Waals surface area contributed by atoms with Gasteiger partial charge in [-0.25, -0.2) is 0 Å². The van der Waals surface area contributed by atoms with Crippen molar-refractivity contribution in [2.24, 2.45) is 0 Å². The summed E-state index contributed by atoms with van der Waals surface area (Å²) in [5, 5.41) is 3.44. The van der Waals surface area contributed by atoms with Crippen LogP contribution in [0.1, 0.15) is 32.1 Å². The van der Waals surface area contributed by atoms with E-state index in [1.165, 1.54) is 32.1 Å². The Bertz CT molecular complexity index is 115. The fourth-order valence-electron chi connectivity index (χ4n) is 2.06. The van der Waals surface area contributed by atoms with Gasteiger partial charge in [0, 0.05) is 0 Å². The highest BCUT2D eigenvalue weighted by Crippen LogP contribution is 2.28. The third-order valence-corrected chi connectivity index (χ3v) is 3.00. The molecule has 1 aliphatic carbocycles. The van der Waals surface area contributed by atoms with Crippen LogP contribution in [0.2, 0.25) is 0 Å². The molecule has 0 spiro atoms. The lowest BCUT2D eigenvalue weighted by molar-refractivity contribution is 0.0720. The van der Waals surface area contributed by atoms with Gasteiger partial charge in [0.2, 0.25) is 0 Å². The molecule has 0 aliphatic heterocycles. The Morgan fingerprint density at radius 3 is 1.91 bits per heavy atom. The molecule has 1 saturated carbocycles. The normalized spacial score (nSPS) is 24.0. The maximum atomic E-state index is 3.44. The highest BCUT2D eigenvalue weighted by molar-refractivity contribution is 4.86. The molecule has 2 heteroatoms. The fourth-order valence-corrected chi connectivity index (χ4v) is 2.06. The zero-order valence-electron chi connectivity index (χ0n) is 7.98. The van der Waals surface area contributed by atoms with Crippen molar-refractivity contribution in [1.82, 2.24) is 10.2 Å². The van der Waals surface area contributed by atoms with Crippen molar-refractivity contribution in [2.45, 2.75) is 37.8 Å². The van der Waals surface area contributed by atoms with Gasteiger partial charge in [0.1, 0.15) is 0 Å². The molecule has 0 amide bonds. The lowest BCUT2D eigenvalue weighted by Gasteiger charge is -2.42. The SMILES string of the molecule is CNC1(N(C)C)CCCCC1. The minimum atomic E-state index is 0.304. The number of hydrogen-bond acceptors (Lipinski definition) is 2. The van der Waals surface area contributed by atoms with Crippen LogP contribution >= 0.6 is 0 Å². The molecule has 1 N–H and O–H groups in total. The van der Waals surface area contributed by atoms with Crippen LogP contribution in [-0.4, -0.2) is 31.7 Å². The third-order valence-electron chi connectivity index (χ3n) is 3.00. The average Bonchev–Trinajstić information content (AvgIpc) is 2.05. The van der Waals surface area contributed by atoms with E-state index in [2.05, 4.69) is 31.4 Å². The summed E-state index contributed by atoms with van der Waals surface area (Å²) in [4.78, 5) is 2.33. The van der Waals surface area contributed by atoms with Crippen molar-refractivity contribution >= 4 is 0 Å². The van der Waals surface area contributed by atoms with E-state index in [1.54, 1.807) is 0 Å². The van der Waals surface area contributed by atoms with Gasteiger partial charge in [0.05, 0.1) is 5.66 Å². The monoisotopic (exact) mass is 156 g/mol. The second-order valence-electron chi connectivity index (χ2n) is 3.74. The van der Waals surface area contributed by atoms with E-state index in [1.807, 2.05) is 0 Å². The van der Waals surface area contributed by atoms with E-state index in [0.29, 0.717) is 5.66 Å². The number of nitrogens with one attached hydrogen (secondary N) is 1. The summed E-state index contributed by atoms with van der Waals surface area (Å²) in [6, 6.07) is 0. The molecule has 0 aromatic carbocycles. The second kappa shape index (κ2) is 3.55. The molecule has 0 bridgehead atoms. The molecule has 0 aromatic rings. The van der Waals surface area contributed by atoms with Crippen LogP contribution < -0.4 is 5.32 Å². The van der Waals surface area contributed by atoms with Gasteiger partial charge in [0.15, 0.2) is 0 Å². The summed E-state index contributed by atoms with van der Waals surface area (Å²) in [7, 11) is 6.41. The molecule has 11 heavy (non-hydrogen) atoms. The Kier molecular flexibility index (Phi) is 2.90. The maximum absolute atomic E-state index is 3.44. The zero-order valence-corrected chi connectivity index (χ0v) is 7.98. The summed E-state index contributed by atoms with van der Waals surface area (Å²) in [5.74, 6) is 0. The average molecular weight is 156 g/mol. The molecule has 0 unspecified atom stereocenters. The van der Waals surface area contributed by atoms with Crippen LogP contribution in [0.5, 0.6) is 0 Å². The Hall–Kier alpha value is -0.0800. The van der Waals surface area contributed by atoms with Crippen LogP contribution in [0, 0.1) is 0 Å². The van der Waals surface area contributed by atoms with Crippen LogP contribution in [0.25, 0.3) is 0 Å². The molecule has 2 nitrogen and oxygen atoms in total. The first-order chi connectivity index (χ1) is 5.21. The van der Waals surface area contributed by atoms with E-state index in [-0.39, 0.29) is 0 Å². The van der Waals surface area contributed by atoms with Crippen molar-refractivity contribution in [3.8, 4) is 0 Å². The maximum Gasteiger partial charge on any atom is 0.0705 e. The molecule has 1 rings (SSSR count). The molecule has 0 atom stereocenters. The zero-order chi connectivity index (χ0) is 8.32. The van der Waals surface area contributed by atoms with E-state index in [4.69, 9.17) is 0 Å². The topological polar surface area (TPSA) is 15.3 Å². The van der Waals surface area contributed by atoms with Crippen molar-refractivity contribution in [2.75, 3.05) is 21.1 Å². The fraction of sp³-hybridized carbons (Fsp3) is 1.00. The molecular formula is C9H20N2. The van der Waals surface area contributed by atoms with Crippen LogP contribution in [-0.2, 0) is 0 Å². The van der Waals surface area contributed by atoms with E-state index < -0.39 is 0 Å². The summed E-state index contributed by atoms with van der Waals surface area (Å²) < 4.78 is 0. The molecule has 1 fully saturated rings. The smallest absolute Gasteiger partial charge is 0.0705 e. The first-order valence-electron chi connectivity index (χ1n) is 4.58. The van der Waals surface area contributed by atoms with Crippen LogP contribution in [0.3, 0.4) is 0 Å². The number of hydrogen-bond donors (Lipinski definition) is 1. The van der Waals surface area contributed by atoms with Gasteiger partial charge in [-0.05, 0) is 34.0 Å². The van der Waals surface area contributed by atoms with Gasteiger partial charge < -0.3 is 5.32 Å². The Labute approximate surface area is 70.0 Å². The third kappa shape index (κ3) is 1.74. The largest absolute Gasteiger partial charge is 0.302 e. The summed E-state index contributed by atoms with van der Waals surface area (Å²) in [6.45, 7) is 0. The van der Waals surface area contributed by atoms with Gasteiger partial charge in [-0.3, -0.25) is 4.90 Å². The van der Waals surface area contributed by atoms with Crippen molar-refractivity contribution in [3.63, 3.8) is 0 Å². The van der Waals surface area contributed by atoms with Crippen LogP contribution in [0.4, 0.5) is 0 Å². The van der Waals surface area contributed by atoms with Crippen molar-refractivity contribution in [3.05, 3.63) is 0 Å². The minimum Gasteiger partial charge on any atom is -0.302 e. The minimum absolute atomic E-state index is 0.304. The Balaban J connectivity index is 2.57. The highest BCUT2D eigenvalue weighted by Gasteiger charge is 2.31. The quantitative estimate of drug-likeness (QED) is 0.608. The summed E-state index contributed by atoms with van der Waals surface area (Å²) in [6.07, 6.45) is 6.77. The molecule has 1 aliphatic rings. The number of nitrogens with zero attached hydrogens (tertiary/aromatic N) is 1. The van der Waals surface area contributed by atoms with Gasteiger partial charge in [-0.1, -0.05) is 19.3 Å². The summed E-state index contributed by atoms with van der Waals surface area (Å²) >= 11 is 0. The van der Waals surface area contributed by atoms with Crippen molar-refractivity contribution < 1.29 is 0 Å². The van der Waals surface area contributed by atoms with Gasteiger partial charge in [0.25, 0.3) is 0 Å². The highest BCUT2D eigenvalue weighted by atomic mass is 15.3. The number of rotatable bonds is 2. The lowest BCUT2D eigenvalue weighted by Crippen LogP contribution is -2.55. The van der Waals surface area contributed by atoms with Gasteiger partial charge in [-0.15, -0.1) is 0 Å². The van der Waals surface area contributed by atoms with Crippen molar-refractivity contribution in [1.29, 1.82) is 0 Å². The lowest BCUT2D eigenvalue weighted by atomic mass is 9.88.